The second-order valence-electron chi connectivity index (χ2n) is 1.14. The van der Waals surface area contributed by atoms with E-state index in [1.165, 1.54) is 0 Å². The topological polar surface area (TPSA) is 0 Å². The third-order valence-electron chi connectivity index (χ3n) is 0.510. The molecule has 1 heteroatoms. The molecule has 0 radical (unpaired) electrons. The Balaban J connectivity index is 3.67. The van der Waals surface area contributed by atoms with E-state index in [-0.39, 0.29) is 8.58 Å². The fourth-order valence-corrected chi connectivity index (χ4v) is 0.546. The molecule has 0 nitrogen and oxygen atoms in total. The number of terminal acetylenes is 1. The van der Waals surface area contributed by atoms with Gasteiger partial charge in [-0.1, -0.05) is 17.2 Å². The van der Waals surface area contributed by atoms with E-state index in [4.69, 9.17) is 6.42 Å². The molecule has 0 aromatic rings. The van der Waals surface area contributed by atoms with Crippen LogP contribution in [0.15, 0.2) is 0 Å². The highest BCUT2D eigenvalue weighted by Gasteiger charge is 1.61. The Morgan fingerprint density at radius 1 is 1.10 bits per heavy atom. The molecule has 0 bridgehead atoms. The summed E-state index contributed by atoms with van der Waals surface area (Å²) in [4.78, 5) is 0. The summed E-state index contributed by atoms with van der Waals surface area (Å²) in [6, 6.07) is 0. The molecular weight excluding hydrogens is 139 g/mol. The zero-order valence-corrected chi connectivity index (χ0v) is 6.58. The predicted octanol–water partition coefficient (Wildman–Crippen LogP) is 1.24. The lowest BCUT2D eigenvalue weighted by atomic mass is 10.6. The van der Waals surface area contributed by atoms with Crippen molar-refractivity contribution in [2.24, 2.45) is 0 Å². The Labute approximate surface area is 63.6 Å². The lowest BCUT2D eigenvalue weighted by molar-refractivity contribution is 1.92. The van der Waals surface area contributed by atoms with Gasteiger partial charge in [-0.3, -0.25) is 0 Å². The van der Waals surface area contributed by atoms with E-state index < -0.39 is 0 Å². The monoisotopic (exact) mass is 144 g/mol. The fourth-order valence-electron chi connectivity index (χ4n) is 0.224. The largest absolute Gasteiger partial charge is 0.106 e. The minimum atomic E-state index is 0.282. The summed E-state index contributed by atoms with van der Waals surface area (Å²) in [7, 11) is 0.282. The Bertz CT molecular complexity index is 298. The molecule has 46 valence electrons. The quantitative estimate of drug-likeness (QED) is 0.354. The maximum absolute atomic E-state index is 4.87. The summed E-state index contributed by atoms with van der Waals surface area (Å²) in [5, 5.41) is 0. The first-order chi connectivity index (χ1) is 4.91. The molecule has 10 heavy (non-hydrogen) atoms. The molecule has 0 spiro atoms. The average molecular weight is 144 g/mol. The fraction of sp³-hybridized carbons (Fsp3) is 0.111. The van der Waals surface area contributed by atoms with Gasteiger partial charge in [0.1, 0.15) is 0 Å². The van der Waals surface area contributed by atoms with Crippen molar-refractivity contribution >= 4 is 8.58 Å². The van der Waals surface area contributed by atoms with Gasteiger partial charge < -0.3 is 0 Å². The second kappa shape index (κ2) is 7.67. The van der Waals surface area contributed by atoms with Crippen molar-refractivity contribution in [3.8, 4) is 47.3 Å². The van der Waals surface area contributed by atoms with E-state index in [1.807, 2.05) is 0 Å². The highest BCUT2D eigenvalue weighted by Crippen LogP contribution is 2.00. The average Bonchev–Trinajstić information content (AvgIpc) is 1.97. The van der Waals surface area contributed by atoms with Gasteiger partial charge in [-0.25, -0.2) is 0 Å². The van der Waals surface area contributed by atoms with Crippen LogP contribution in [-0.4, -0.2) is 0 Å². The van der Waals surface area contributed by atoms with Gasteiger partial charge in [0.05, 0.1) is 0 Å². The molecular formula is C9H5P. The molecule has 0 aliphatic rings. The van der Waals surface area contributed by atoms with E-state index in [0.717, 1.165) is 0 Å². The standard InChI is InChI=1S/C9H5P/c1-3-5-7-9-10-8-6-4-2/h2,10H,1H3. The Morgan fingerprint density at radius 3 is 2.40 bits per heavy atom. The normalized spacial score (nSPS) is 5.60. The minimum Gasteiger partial charge on any atom is -0.106 e. The maximum Gasteiger partial charge on any atom is 0.0381 e. The maximum atomic E-state index is 4.87. The summed E-state index contributed by atoms with van der Waals surface area (Å²) < 4.78 is 0. The van der Waals surface area contributed by atoms with Gasteiger partial charge in [0.2, 0.25) is 0 Å². The highest BCUT2D eigenvalue weighted by molar-refractivity contribution is 7.49. The first-order valence-corrected chi connectivity index (χ1v) is 3.54. The van der Waals surface area contributed by atoms with Crippen LogP contribution < -0.4 is 0 Å². The zero-order valence-electron chi connectivity index (χ0n) is 5.58. The summed E-state index contributed by atoms with van der Waals surface area (Å²) in [6.07, 6.45) is 4.87. The van der Waals surface area contributed by atoms with Gasteiger partial charge in [0.25, 0.3) is 0 Å². The van der Waals surface area contributed by atoms with Crippen LogP contribution in [0.4, 0.5) is 0 Å². The van der Waals surface area contributed by atoms with Gasteiger partial charge in [-0.15, -0.1) is 6.42 Å². The van der Waals surface area contributed by atoms with Gasteiger partial charge >= 0.3 is 0 Å². The second-order valence-corrected chi connectivity index (χ2v) is 1.89. The summed E-state index contributed by atoms with van der Waals surface area (Å²) in [5.41, 5.74) is 5.45. The smallest absolute Gasteiger partial charge is 0.0381 e. The van der Waals surface area contributed by atoms with E-state index >= 15 is 0 Å². The van der Waals surface area contributed by atoms with Crippen molar-refractivity contribution in [1.82, 2.24) is 0 Å². The van der Waals surface area contributed by atoms with E-state index in [9.17, 15) is 0 Å². The van der Waals surface area contributed by atoms with Crippen LogP contribution >= 0.6 is 8.58 Å². The lowest BCUT2D eigenvalue weighted by Gasteiger charge is -1.63. The van der Waals surface area contributed by atoms with E-state index in [2.05, 4.69) is 40.9 Å². The van der Waals surface area contributed by atoms with Gasteiger partial charge in [0.15, 0.2) is 0 Å². The van der Waals surface area contributed by atoms with E-state index in [1.54, 1.807) is 6.92 Å². The molecule has 0 saturated heterocycles. The van der Waals surface area contributed by atoms with Crippen molar-refractivity contribution in [2.45, 2.75) is 6.92 Å². The molecule has 0 heterocycles. The SMILES string of the molecule is C#CC#CPC#CC#CC. The summed E-state index contributed by atoms with van der Waals surface area (Å²) in [5.74, 6) is 12.5. The van der Waals surface area contributed by atoms with Crippen molar-refractivity contribution in [3.63, 3.8) is 0 Å². The zero-order chi connectivity index (χ0) is 7.66. The molecule has 1 atom stereocenters. The molecule has 0 N–H and O–H groups in total. The van der Waals surface area contributed by atoms with Crippen molar-refractivity contribution < 1.29 is 0 Å². The van der Waals surface area contributed by atoms with Crippen LogP contribution in [0.2, 0.25) is 0 Å². The van der Waals surface area contributed by atoms with Crippen LogP contribution in [0.25, 0.3) is 0 Å². The number of rotatable bonds is 0. The van der Waals surface area contributed by atoms with Gasteiger partial charge in [0, 0.05) is 8.58 Å². The molecule has 0 saturated carbocycles. The number of hydrogen-bond donors (Lipinski definition) is 0. The van der Waals surface area contributed by atoms with Gasteiger partial charge in [-0.2, -0.15) is 0 Å². The van der Waals surface area contributed by atoms with Crippen molar-refractivity contribution in [2.75, 3.05) is 0 Å². The van der Waals surface area contributed by atoms with Crippen molar-refractivity contribution in [1.29, 1.82) is 0 Å². The molecule has 0 amide bonds. The van der Waals surface area contributed by atoms with Crippen LogP contribution in [-0.2, 0) is 0 Å². The third kappa shape index (κ3) is 6.67. The molecule has 0 aromatic carbocycles. The van der Waals surface area contributed by atoms with E-state index in [0.29, 0.717) is 0 Å². The third-order valence-corrected chi connectivity index (χ3v) is 1.01. The first-order valence-electron chi connectivity index (χ1n) is 2.54. The molecule has 0 rings (SSSR count). The predicted molar refractivity (Wildman–Crippen MR) is 46.2 cm³/mol. The molecule has 1 unspecified atom stereocenters. The molecule has 0 fully saturated rings. The van der Waals surface area contributed by atoms with Crippen LogP contribution in [0.3, 0.4) is 0 Å². The van der Waals surface area contributed by atoms with Crippen LogP contribution in [0, 0.1) is 47.3 Å². The Hall–Kier alpha value is -1.33. The number of hydrogen-bond acceptors (Lipinski definition) is 0. The molecule has 0 aliphatic carbocycles. The Kier molecular flexibility index (Phi) is 6.65. The van der Waals surface area contributed by atoms with Crippen LogP contribution in [0.5, 0.6) is 0 Å². The van der Waals surface area contributed by atoms with Gasteiger partial charge in [-0.05, 0) is 30.6 Å². The molecule has 0 aliphatic heterocycles. The first kappa shape index (κ1) is 8.67. The minimum absolute atomic E-state index is 0.282. The van der Waals surface area contributed by atoms with Crippen molar-refractivity contribution in [3.05, 3.63) is 0 Å². The molecule has 0 aromatic heterocycles. The summed E-state index contributed by atoms with van der Waals surface area (Å²) >= 11 is 0. The Morgan fingerprint density at radius 2 is 1.80 bits per heavy atom. The van der Waals surface area contributed by atoms with Crippen LogP contribution in [0.1, 0.15) is 6.92 Å². The summed E-state index contributed by atoms with van der Waals surface area (Å²) in [6.45, 7) is 1.74. The lowest BCUT2D eigenvalue weighted by Crippen LogP contribution is -1.45. The highest BCUT2D eigenvalue weighted by atomic mass is 31.1.